The molecule has 2 N–H and O–H groups in total. The number of carbonyl (C=O) groups is 2. The number of amides is 2. The number of rotatable bonds is 4. The van der Waals surface area contributed by atoms with Gasteiger partial charge in [0.25, 0.3) is 5.91 Å². The van der Waals surface area contributed by atoms with E-state index in [0.29, 0.717) is 5.75 Å². The Hall–Kier alpha value is -3.02. The van der Waals surface area contributed by atoms with Crippen LogP contribution in [0.25, 0.3) is 11.1 Å². The molecule has 0 aliphatic carbocycles. The average molecular weight is 300 g/mol. The molecule has 2 aromatic rings. The van der Waals surface area contributed by atoms with E-state index in [1.54, 1.807) is 6.07 Å². The van der Waals surface area contributed by atoms with E-state index in [2.05, 4.69) is 15.6 Å². The summed E-state index contributed by atoms with van der Waals surface area (Å²) in [6, 6.07) is 17.1. The topological polar surface area (TPSA) is 76.7 Å². The number of ether oxygens (including phenoxy) is 2. The van der Waals surface area contributed by atoms with Crippen molar-refractivity contribution in [1.82, 2.24) is 10.9 Å². The van der Waals surface area contributed by atoms with E-state index in [1.807, 2.05) is 48.5 Å². The highest BCUT2D eigenvalue weighted by atomic mass is 16.5. The lowest BCUT2D eigenvalue weighted by atomic mass is 10.1. The summed E-state index contributed by atoms with van der Waals surface area (Å²) in [5.41, 5.74) is 6.13. The van der Waals surface area contributed by atoms with Gasteiger partial charge in [-0.25, -0.2) is 10.2 Å². The van der Waals surface area contributed by atoms with Crippen LogP contribution in [-0.2, 0) is 9.53 Å². The zero-order valence-corrected chi connectivity index (χ0v) is 12.0. The fourth-order valence-electron chi connectivity index (χ4n) is 1.80. The first-order valence-corrected chi connectivity index (χ1v) is 6.61. The summed E-state index contributed by atoms with van der Waals surface area (Å²) in [5, 5.41) is 0. The van der Waals surface area contributed by atoms with Crippen LogP contribution >= 0.6 is 0 Å². The maximum Gasteiger partial charge on any atom is 0.425 e. The zero-order chi connectivity index (χ0) is 15.8. The van der Waals surface area contributed by atoms with Crippen LogP contribution in [0, 0.1) is 0 Å². The molecule has 0 aliphatic rings. The van der Waals surface area contributed by atoms with Gasteiger partial charge in [0, 0.05) is 5.56 Å². The molecule has 2 rings (SSSR count). The monoisotopic (exact) mass is 300 g/mol. The van der Waals surface area contributed by atoms with Crippen LogP contribution in [0.1, 0.15) is 0 Å². The van der Waals surface area contributed by atoms with Gasteiger partial charge >= 0.3 is 6.09 Å². The molecule has 0 radical (unpaired) electrons. The average Bonchev–Trinajstić information content (AvgIpc) is 2.58. The van der Waals surface area contributed by atoms with E-state index in [0.717, 1.165) is 11.1 Å². The lowest BCUT2D eigenvalue weighted by molar-refractivity contribution is -0.123. The highest BCUT2D eigenvalue weighted by molar-refractivity contribution is 5.80. The van der Waals surface area contributed by atoms with Crippen LogP contribution < -0.4 is 15.6 Å². The van der Waals surface area contributed by atoms with E-state index in [9.17, 15) is 9.59 Å². The Morgan fingerprint density at radius 2 is 1.64 bits per heavy atom. The molecule has 6 heteroatoms. The Bertz CT molecular complexity index is 644. The molecule has 2 amide bonds. The number of methoxy groups -OCH3 is 1. The van der Waals surface area contributed by atoms with Gasteiger partial charge in [-0.1, -0.05) is 48.5 Å². The molecule has 22 heavy (non-hydrogen) atoms. The summed E-state index contributed by atoms with van der Waals surface area (Å²) in [6.45, 7) is -0.228. The molecule has 2 aromatic carbocycles. The van der Waals surface area contributed by atoms with Crippen LogP contribution in [0.5, 0.6) is 5.75 Å². The lowest BCUT2D eigenvalue weighted by Gasteiger charge is -2.11. The third kappa shape index (κ3) is 4.24. The van der Waals surface area contributed by atoms with Crippen molar-refractivity contribution in [2.75, 3.05) is 13.7 Å². The summed E-state index contributed by atoms with van der Waals surface area (Å²) < 4.78 is 9.85. The van der Waals surface area contributed by atoms with Crippen LogP contribution in [0.15, 0.2) is 54.6 Å². The van der Waals surface area contributed by atoms with Crippen molar-refractivity contribution in [2.45, 2.75) is 0 Å². The Morgan fingerprint density at radius 1 is 0.955 bits per heavy atom. The van der Waals surface area contributed by atoms with Crippen molar-refractivity contribution in [2.24, 2.45) is 0 Å². The fourth-order valence-corrected chi connectivity index (χ4v) is 1.80. The third-order valence-electron chi connectivity index (χ3n) is 2.82. The van der Waals surface area contributed by atoms with Gasteiger partial charge in [-0.3, -0.25) is 10.2 Å². The molecule has 0 bridgehead atoms. The van der Waals surface area contributed by atoms with Gasteiger partial charge in [-0.15, -0.1) is 0 Å². The standard InChI is InChI=1S/C16H16N2O4/c1-21-16(20)18-17-15(19)11-22-14-10-6-5-9-13(14)12-7-3-2-4-8-12/h2-10H,11H2,1H3,(H,17,19)(H,18,20). The van der Waals surface area contributed by atoms with E-state index in [4.69, 9.17) is 4.74 Å². The van der Waals surface area contributed by atoms with E-state index >= 15 is 0 Å². The fraction of sp³-hybridized carbons (Fsp3) is 0.125. The first kappa shape index (κ1) is 15.4. The number of benzene rings is 2. The molecule has 114 valence electrons. The minimum Gasteiger partial charge on any atom is -0.483 e. The van der Waals surface area contributed by atoms with Crippen molar-refractivity contribution in [1.29, 1.82) is 0 Å². The first-order chi connectivity index (χ1) is 10.7. The molecule has 0 spiro atoms. The number of hydrazine groups is 1. The third-order valence-corrected chi connectivity index (χ3v) is 2.82. The minimum atomic E-state index is -0.752. The second kappa shape index (κ2) is 7.68. The molecule has 6 nitrogen and oxygen atoms in total. The Balaban J connectivity index is 1.99. The van der Waals surface area contributed by atoms with Crippen molar-refractivity contribution in [3.63, 3.8) is 0 Å². The van der Waals surface area contributed by atoms with Gasteiger partial charge in [-0.05, 0) is 11.6 Å². The maximum absolute atomic E-state index is 11.6. The van der Waals surface area contributed by atoms with Gasteiger partial charge < -0.3 is 9.47 Å². The molecular weight excluding hydrogens is 284 g/mol. The van der Waals surface area contributed by atoms with Crippen LogP contribution in [-0.4, -0.2) is 25.7 Å². The molecule has 0 unspecified atom stereocenters. The van der Waals surface area contributed by atoms with Crippen molar-refractivity contribution < 1.29 is 19.1 Å². The first-order valence-electron chi connectivity index (χ1n) is 6.61. The van der Waals surface area contributed by atoms with Gasteiger partial charge in [0.05, 0.1) is 7.11 Å². The summed E-state index contributed by atoms with van der Waals surface area (Å²) in [5.74, 6) is 0.0928. The largest absolute Gasteiger partial charge is 0.483 e. The van der Waals surface area contributed by atoms with E-state index in [1.165, 1.54) is 7.11 Å². The molecule has 0 atom stereocenters. The number of hydrogen-bond acceptors (Lipinski definition) is 4. The molecule has 0 saturated carbocycles. The molecular formula is C16H16N2O4. The summed E-state index contributed by atoms with van der Waals surface area (Å²) >= 11 is 0. The highest BCUT2D eigenvalue weighted by Gasteiger charge is 2.08. The van der Waals surface area contributed by atoms with Gasteiger partial charge in [0.2, 0.25) is 0 Å². The normalized spacial score (nSPS) is 9.68. The van der Waals surface area contributed by atoms with Gasteiger partial charge in [0.15, 0.2) is 6.61 Å². The molecule has 0 aromatic heterocycles. The highest BCUT2D eigenvalue weighted by Crippen LogP contribution is 2.29. The quantitative estimate of drug-likeness (QED) is 0.848. The molecule has 0 aliphatic heterocycles. The number of hydrogen-bond donors (Lipinski definition) is 2. The van der Waals surface area contributed by atoms with E-state index in [-0.39, 0.29) is 6.61 Å². The Kier molecular flexibility index (Phi) is 5.37. The predicted molar refractivity (Wildman–Crippen MR) is 81.1 cm³/mol. The second-order valence-electron chi connectivity index (χ2n) is 4.32. The minimum absolute atomic E-state index is 0.228. The number of para-hydroxylation sites is 1. The van der Waals surface area contributed by atoms with Crippen molar-refractivity contribution >= 4 is 12.0 Å². The predicted octanol–water partition coefficient (Wildman–Crippen LogP) is 2.12. The summed E-state index contributed by atoms with van der Waals surface area (Å²) in [7, 11) is 1.20. The van der Waals surface area contributed by atoms with Gasteiger partial charge in [-0.2, -0.15) is 0 Å². The lowest BCUT2D eigenvalue weighted by Crippen LogP contribution is -2.43. The summed E-state index contributed by atoms with van der Waals surface area (Å²) in [4.78, 5) is 22.4. The van der Waals surface area contributed by atoms with Crippen molar-refractivity contribution in [3.05, 3.63) is 54.6 Å². The van der Waals surface area contributed by atoms with E-state index < -0.39 is 12.0 Å². The Labute approximate surface area is 128 Å². The second-order valence-corrected chi connectivity index (χ2v) is 4.32. The number of nitrogens with one attached hydrogen (secondary N) is 2. The van der Waals surface area contributed by atoms with Crippen molar-refractivity contribution in [3.8, 4) is 16.9 Å². The molecule has 0 saturated heterocycles. The van der Waals surface area contributed by atoms with Crippen LogP contribution in [0.2, 0.25) is 0 Å². The maximum atomic E-state index is 11.6. The molecule has 0 fully saturated rings. The van der Waals surface area contributed by atoms with Crippen LogP contribution in [0.4, 0.5) is 4.79 Å². The Morgan fingerprint density at radius 3 is 2.36 bits per heavy atom. The number of carbonyl (C=O) groups excluding carboxylic acids is 2. The van der Waals surface area contributed by atoms with Gasteiger partial charge in [0.1, 0.15) is 5.75 Å². The van der Waals surface area contributed by atoms with Crippen LogP contribution in [0.3, 0.4) is 0 Å². The smallest absolute Gasteiger partial charge is 0.425 e. The summed E-state index contributed by atoms with van der Waals surface area (Å²) in [6.07, 6.45) is -0.752. The SMILES string of the molecule is COC(=O)NNC(=O)COc1ccccc1-c1ccccc1. The zero-order valence-electron chi connectivity index (χ0n) is 12.0. The molecule has 0 heterocycles.